The Morgan fingerprint density at radius 2 is 2.25 bits per heavy atom. The molecule has 3 saturated heterocycles. The quantitative estimate of drug-likeness (QED) is 0.877. The first-order chi connectivity index (χ1) is 11.7. The zero-order valence-electron chi connectivity index (χ0n) is 14.1. The van der Waals surface area contributed by atoms with Crippen LogP contribution in [0.25, 0.3) is 10.9 Å². The number of piperidine rings is 3. The van der Waals surface area contributed by atoms with Gasteiger partial charge in [0.1, 0.15) is 5.75 Å². The van der Waals surface area contributed by atoms with E-state index in [0.29, 0.717) is 12.0 Å². The van der Waals surface area contributed by atoms with E-state index >= 15 is 0 Å². The summed E-state index contributed by atoms with van der Waals surface area (Å²) in [4.78, 5) is 6.86. The summed E-state index contributed by atoms with van der Waals surface area (Å²) in [7, 11) is 1.66. The summed E-state index contributed by atoms with van der Waals surface area (Å²) in [6, 6.07) is 8.31. The molecule has 3 aliphatic heterocycles. The lowest BCUT2D eigenvalue weighted by molar-refractivity contribution is -0.0473. The number of rotatable bonds is 4. The molecule has 3 aliphatic rings. The molecule has 0 amide bonds. The number of aromatic nitrogens is 1. The molecule has 2 aromatic rings. The van der Waals surface area contributed by atoms with Gasteiger partial charge in [0.2, 0.25) is 0 Å². The zero-order chi connectivity index (χ0) is 16.7. The molecular formula is C20H24N2O2. The number of fused-ring (bicyclic) bond motifs is 4. The predicted octanol–water partition coefficient (Wildman–Crippen LogP) is 3.32. The molecule has 1 N–H and O–H groups in total. The number of pyridine rings is 1. The minimum absolute atomic E-state index is 0.150. The Morgan fingerprint density at radius 1 is 1.38 bits per heavy atom. The van der Waals surface area contributed by atoms with E-state index in [-0.39, 0.29) is 6.04 Å². The number of hydrogen-bond donors (Lipinski definition) is 1. The molecule has 4 heteroatoms. The van der Waals surface area contributed by atoms with Crippen molar-refractivity contribution in [2.24, 2.45) is 5.92 Å². The van der Waals surface area contributed by atoms with E-state index in [4.69, 9.17) is 4.74 Å². The molecule has 0 aliphatic carbocycles. The molecule has 5 rings (SSSR count). The highest BCUT2D eigenvalue weighted by Crippen LogP contribution is 2.42. The molecule has 126 valence electrons. The van der Waals surface area contributed by atoms with Gasteiger partial charge in [-0.25, -0.2) is 0 Å². The molecule has 1 unspecified atom stereocenters. The van der Waals surface area contributed by atoms with Crippen LogP contribution in [0.15, 0.2) is 43.1 Å². The van der Waals surface area contributed by atoms with Crippen LogP contribution in [0.4, 0.5) is 0 Å². The van der Waals surface area contributed by atoms with Crippen LogP contribution in [0.5, 0.6) is 5.75 Å². The van der Waals surface area contributed by atoms with Crippen LogP contribution in [0.1, 0.15) is 30.9 Å². The summed E-state index contributed by atoms with van der Waals surface area (Å²) in [6.07, 6.45) is 6.77. The van der Waals surface area contributed by atoms with Crippen LogP contribution in [0, 0.1) is 5.92 Å². The summed E-state index contributed by atoms with van der Waals surface area (Å²) in [5.41, 5.74) is 1.84. The Bertz CT molecular complexity index is 760. The van der Waals surface area contributed by atoms with Crippen molar-refractivity contribution in [3.05, 3.63) is 48.7 Å². The van der Waals surface area contributed by atoms with Gasteiger partial charge >= 0.3 is 0 Å². The van der Waals surface area contributed by atoms with Gasteiger partial charge in [0.25, 0.3) is 0 Å². The van der Waals surface area contributed by atoms with Crippen molar-refractivity contribution >= 4 is 10.9 Å². The summed E-state index contributed by atoms with van der Waals surface area (Å²) in [6.45, 7) is 5.04. The van der Waals surface area contributed by atoms with Crippen molar-refractivity contribution in [2.45, 2.75) is 37.5 Å². The highest BCUT2D eigenvalue weighted by Gasteiger charge is 2.42. The van der Waals surface area contributed by atoms with Crippen LogP contribution in [-0.2, 0) is 0 Å². The van der Waals surface area contributed by atoms with E-state index in [0.717, 1.165) is 35.2 Å². The van der Waals surface area contributed by atoms with Gasteiger partial charge in [-0.1, -0.05) is 6.08 Å². The van der Waals surface area contributed by atoms with Crippen LogP contribution in [-0.4, -0.2) is 40.7 Å². The van der Waals surface area contributed by atoms with E-state index in [1.54, 1.807) is 13.3 Å². The van der Waals surface area contributed by atoms with Gasteiger partial charge in [0.15, 0.2) is 0 Å². The van der Waals surface area contributed by atoms with E-state index in [1.165, 1.54) is 12.8 Å². The summed E-state index contributed by atoms with van der Waals surface area (Å²) >= 11 is 0. The fraction of sp³-hybridized carbons (Fsp3) is 0.450. The number of aliphatic hydroxyl groups excluding tert-OH is 1. The Labute approximate surface area is 142 Å². The topological polar surface area (TPSA) is 45.6 Å². The standard InChI is InChI=1S/C20H24N2O2/c1-3-14-10-13-7-9-22(14)19(11-13)20(23)16-6-8-21-18-5-4-15(24-2)12-17(16)18/h3-6,8,12-14,19-20,23H,1,7,9-11H2,2H3/t13-,14+,19+,20-/m0/s1. The number of aliphatic hydroxyl groups is 1. The molecule has 2 bridgehead atoms. The molecule has 5 atom stereocenters. The molecule has 1 aromatic carbocycles. The molecule has 1 aromatic heterocycles. The second-order valence-electron chi connectivity index (χ2n) is 6.96. The summed E-state index contributed by atoms with van der Waals surface area (Å²) in [5.74, 6) is 1.48. The van der Waals surface area contributed by atoms with Gasteiger partial charge in [-0.05, 0) is 61.6 Å². The first kappa shape index (κ1) is 15.6. The fourth-order valence-electron chi connectivity index (χ4n) is 4.48. The Morgan fingerprint density at radius 3 is 3.00 bits per heavy atom. The maximum Gasteiger partial charge on any atom is 0.119 e. The van der Waals surface area contributed by atoms with Crippen molar-refractivity contribution in [2.75, 3.05) is 13.7 Å². The second-order valence-corrected chi connectivity index (χ2v) is 6.96. The molecule has 3 fully saturated rings. The van der Waals surface area contributed by atoms with Crippen LogP contribution in [0.2, 0.25) is 0 Å². The second kappa shape index (κ2) is 6.19. The van der Waals surface area contributed by atoms with E-state index < -0.39 is 6.10 Å². The number of ether oxygens (including phenoxy) is 1. The van der Waals surface area contributed by atoms with Crippen molar-refractivity contribution in [3.8, 4) is 5.75 Å². The lowest BCUT2D eigenvalue weighted by atomic mass is 9.76. The summed E-state index contributed by atoms with van der Waals surface area (Å²) in [5, 5.41) is 12.2. The normalized spacial score (nSPS) is 30.2. The Hall–Kier alpha value is -1.91. The predicted molar refractivity (Wildman–Crippen MR) is 95.1 cm³/mol. The van der Waals surface area contributed by atoms with Gasteiger partial charge < -0.3 is 9.84 Å². The lowest BCUT2D eigenvalue weighted by Crippen LogP contribution is -2.55. The van der Waals surface area contributed by atoms with E-state index in [9.17, 15) is 5.11 Å². The first-order valence-electron chi connectivity index (χ1n) is 8.70. The average Bonchev–Trinajstić information content (AvgIpc) is 2.66. The third kappa shape index (κ3) is 2.50. The largest absolute Gasteiger partial charge is 0.497 e. The van der Waals surface area contributed by atoms with E-state index in [2.05, 4.69) is 16.5 Å². The highest BCUT2D eigenvalue weighted by molar-refractivity contribution is 5.83. The van der Waals surface area contributed by atoms with Crippen LogP contribution in [0.3, 0.4) is 0 Å². The minimum atomic E-state index is -0.520. The van der Waals surface area contributed by atoms with Crippen molar-refractivity contribution in [3.63, 3.8) is 0 Å². The molecule has 4 nitrogen and oxygen atoms in total. The van der Waals surface area contributed by atoms with Gasteiger partial charge in [-0.2, -0.15) is 0 Å². The monoisotopic (exact) mass is 324 g/mol. The smallest absolute Gasteiger partial charge is 0.119 e. The molecule has 0 saturated carbocycles. The maximum atomic E-state index is 11.2. The fourth-order valence-corrected chi connectivity index (χ4v) is 4.48. The number of methoxy groups -OCH3 is 1. The number of benzene rings is 1. The van der Waals surface area contributed by atoms with Crippen LogP contribution >= 0.6 is 0 Å². The van der Waals surface area contributed by atoms with Crippen LogP contribution < -0.4 is 4.74 Å². The van der Waals surface area contributed by atoms with Gasteiger partial charge in [-0.15, -0.1) is 6.58 Å². The molecule has 0 radical (unpaired) electrons. The average molecular weight is 324 g/mol. The third-order valence-corrected chi connectivity index (χ3v) is 5.73. The summed E-state index contributed by atoms with van der Waals surface area (Å²) < 4.78 is 5.35. The Balaban J connectivity index is 1.73. The van der Waals surface area contributed by atoms with Gasteiger partial charge in [0.05, 0.1) is 18.7 Å². The molecule has 0 spiro atoms. The molecular weight excluding hydrogens is 300 g/mol. The number of nitrogens with zero attached hydrogens (tertiary/aromatic N) is 2. The number of hydrogen-bond acceptors (Lipinski definition) is 4. The van der Waals surface area contributed by atoms with Crippen molar-refractivity contribution < 1.29 is 9.84 Å². The highest BCUT2D eigenvalue weighted by atomic mass is 16.5. The lowest BCUT2D eigenvalue weighted by Gasteiger charge is -2.51. The molecule has 4 heterocycles. The van der Waals surface area contributed by atoms with Gasteiger partial charge in [0, 0.05) is 23.7 Å². The first-order valence-corrected chi connectivity index (χ1v) is 8.70. The SMILES string of the molecule is C=C[C@@H]1C[C@@H]2CCN1[C@@H]([C@@H](O)c1ccnc3ccc(OC)cc13)C2. The maximum absolute atomic E-state index is 11.2. The third-order valence-electron chi connectivity index (χ3n) is 5.73. The van der Waals surface area contributed by atoms with Crippen molar-refractivity contribution in [1.82, 2.24) is 9.88 Å². The zero-order valence-corrected chi connectivity index (χ0v) is 14.1. The van der Waals surface area contributed by atoms with Gasteiger partial charge in [-0.3, -0.25) is 9.88 Å². The van der Waals surface area contributed by atoms with E-state index in [1.807, 2.05) is 30.3 Å². The van der Waals surface area contributed by atoms with Crippen molar-refractivity contribution in [1.29, 1.82) is 0 Å². The Kier molecular flexibility index (Phi) is 4.02. The minimum Gasteiger partial charge on any atom is -0.497 e. The molecule has 24 heavy (non-hydrogen) atoms.